The molecule has 0 aliphatic carbocycles. The number of benzene rings is 2. The van der Waals surface area contributed by atoms with E-state index >= 15 is 0 Å². The van der Waals surface area contributed by atoms with Gasteiger partial charge in [-0.3, -0.25) is 14.9 Å². The molecule has 23 heavy (non-hydrogen) atoms. The Balaban J connectivity index is 2.15. The van der Waals surface area contributed by atoms with Gasteiger partial charge in [0.2, 0.25) is 0 Å². The average Bonchev–Trinajstić information content (AvgIpc) is 2.55. The van der Waals surface area contributed by atoms with E-state index < -0.39 is 23.0 Å². The standard InChI is InChI=1S/C15H14N2O5S/c18-14(10-6-2-1-3-7-10)13(15(19)20)16-23-12-9-5-4-8-11(12)17(21)22/h1-9,13-14,16,18H,(H,19,20)/t13-,14+/m1/s1. The van der Waals surface area contributed by atoms with Crippen LogP contribution in [0.5, 0.6) is 0 Å². The largest absolute Gasteiger partial charge is 0.480 e. The highest BCUT2D eigenvalue weighted by Gasteiger charge is 2.28. The molecular formula is C15H14N2O5S. The van der Waals surface area contributed by atoms with Crippen LogP contribution in [-0.4, -0.2) is 27.1 Å². The molecule has 2 atom stereocenters. The van der Waals surface area contributed by atoms with Gasteiger partial charge in [0.05, 0.1) is 4.92 Å². The van der Waals surface area contributed by atoms with Crippen molar-refractivity contribution in [1.82, 2.24) is 4.72 Å². The number of aliphatic hydroxyl groups is 1. The van der Waals surface area contributed by atoms with Crippen LogP contribution >= 0.6 is 11.9 Å². The molecule has 0 heterocycles. The van der Waals surface area contributed by atoms with Crippen molar-refractivity contribution in [2.75, 3.05) is 0 Å². The van der Waals surface area contributed by atoms with Gasteiger partial charge in [-0.25, -0.2) is 4.72 Å². The van der Waals surface area contributed by atoms with Crippen molar-refractivity contribution in [2.45, 2.75) is 17.0 Å². The number of nitro groups is 1. The quantitative estimate of drug-likeness (QED) is 0.405. The fourth-order valence-corrected chi connectivity index (χ4v) is 2.79. The second kappa shape index (κ2) is 7.73. The lowest BCUT2D eigenvalue weighted by molar-refractivity contribution is -0.387. The molecule has 2 aromatic rings. The lowest BCUT2D eigenvalue weighted by atomic mass is 10.0. The maximum Gasteiger partial charge on any atom is 0.324 e. The number of carboxylic acid groups (broad SMARTS) is 1. The fourth-order valence-electron chi connectivity index (χ4n) is 1.91. The molecule has 0 amide bonds. The molecule has 0 aliphatic rings. The molecule has 0 bridgehead atoms. The van der Waals surface area contributed by atoms with Gasteiger partial charge in [-0.05, 0) is 23.6 Å². The molecule has 3 N–H and O–H groups in total. The summed E-state index contributed by atoms with van der Waals surface area (Å²) in [4.78, 5) is 22.1. The average molecular weight is 334 g/mol. The summed E-state index contributed by atoms with van der Waals surface area (Å²) in [6.45, 7) is 0. The topological polar surface area (TPSA) is 113 Å². The lowest BCUT2D eigenvalue weighted by Gasteiger charge is -2.20. The Morgan fingerprint density at radius 3 is 2.35 bits per heavy atom. The van der Waals surface area contributed by atoms with Gasteiger partial charge in [0.15, 0.2) is 0 Å². The number of para-hydroxylation sites is 1. The Morgan fingerprint density at radius 1 is 1.13 bits per heavy atom. The zero-order valence-corrected chi connectivity index (χ0v) is 12.6. The maximum atomic E-state index is 11.4. The molecule has 0 unspecified atom stereocenters. The van der Waals surface area contributed by atoms with Gasteiger partial charge in [0.25, 0.3) is 5.69 Å². The SMILES string of the molecule is O=C(O)[C@H](NSc1ccccc1[N+](=O)[O-])[C@@H](O)c1ccccc1. The highest BCUT2D eigenvalue weighted by atomic mass is 32.2. The molecule has 0 spiro atoms. The third kappa shape index (κ3) is 4.28. The number of carboxylic acids is 1. The van der Waals surface area contributed by atoms with Crippen LogP contribution in [0.2, 0.25) is 0 Å². The predicted octanol–water partition coefficient (Wildman–Crippen LogP) is 2.38. The number of hydrogen-bond acceptors (Lipinski definition) is 6. The van der Waals surface area contributed by atoms with Crippen LogP contribution in [0.1, 0.15) is 11.7 Å². The number of aliphatic hydroxyl groups excluding tert-OH is 1. The summed E-state index contributed by atoms with van der Waals surface area (Å²) >= 11 is 0.802. The number of nitro benzene ring substituents is 1. The van der Waals surface area contributed by atoms with Gasteiger partial charge in [-0.1, -0.05) is 42.5 Å². The first kappa shape index (κ1) is 16.9. The smallest absolute Gasteiger partial charge is 0.324 e. The normalized spacial score (nSPS) is 13.3. The van der Waals surface area contributed by atoms with E-state index in [-0.39, 0.29) is 10.6 Å². The number of nitrogens with one attached hydrogen (secondary N) is 1. The predicted molar refractivity (Wildman–Crippen MR) is 84.9 cm³/mol. The summed E-state index contributed by atoms with van der Waals surface area (Å²) in [6, 6.07) is 13.0. The maximum absolute atomic E-state index is 11.4. The fraction of sp³-hybridized carbons (Fsp3) is 0.133. The number of hydrogen-bond donors (Lipinski definition) is 3. The summed E-state index contributed by atoms with van der Waals surface area (Å²) in [7, 11) is 0. The first-order chi connectivity index (χ1) is 11.0. The Labute approximate surface area is 136 Å². The van der Waals surface area contributed by atoms with E-state index in [2.05, 4.69) is 4.72 Å². The molecule has 2 aromatic carbocycles. The minimum Gasteiger partial charge on any atom is -0.480 e. The van der Waals surface area contributed by atoms with Crippen molar-refractivity contribution in [3.63, 3.8) is 0 Å². The van der Waals surface area contributed by atoms with Crippen molar-refractivity contribution < 1.29 is 19.9 Å². The highest BCUT2D eigenvalue weighted by molar-refractivity contribution is 7.97. The Kier molecular flexibility index (Phi) is 5.69. The second-order valence-electron chi connectivity index (χ2n) is 4.62. The van der Waals surface area contributed by atoms with E-state index in [9.17, 15) is 25.1 Å². The monoisotopic (exact) mass is 334 g/mol. The van der Waals surface area contributed by atoms with Gasteiger partial charge < -0.3 is 10.2 Å². The molecule has 0 saturated carbocycles. The first-order valence-electron chi connectivity index (χ1n) is 6.62. The number of carbonyl (C=O) groups is 1. The summed E-state index contributed by atoms with van der Waals surface area (Å²) in [5.41, 5.74) is 0.305. The van der Waals surface area contributed by atoms with E-state index in [1.165, 1.54) is 18.2 Å². The van der Waals surface area contributed by atoms with Crippen molar-refractivity contribution in [1.29, 1.82) is 0 Å². The van der Waals surface area contributed by atoms with Gasteiger partial charge in [-0.15, -0.1) is 0 Å². The van der Waals surface area contributed by atoms with Crippen molar-refractivity contribution in [2.24, 2.45) is 0 Å². The second-order valence-corrected chi connectivity index (χ2v) is 5.50. The third-order valence-electron chi connectivity index (χ3n) is 3.08. The van der Waals surface area contributed by atoms with Crippen LogP contribution in [0.25, 0.3) is 0 Å². The van der Waals surface area contributed by atoms with E-state index in [4.69, 9.17) is 0 Å². The Bertz CT molecular complexity index is 695. The van der Waals surface area contributed by atoms with E-state index in [1.807, 2.05) is 0 Å². The molecule has 8 heteroatoms. The van der Waals surface area contributed by atoms with E-state index in [0.717, 1.165) is 11.9 Å². The van der Waals surface area contributed by atoms with Gasteiger partial charge >= 0.3 is 5.97 Å². The number of rotatable bonds is 7. The summed E-state index contributed by atoms with van der Waals surface area (Å²) < 4.78 is 2.59. The molecule has 0 fully saturated rings. The Morgan fingerprint density at radius 2 is 1.74 bits per heavy atom. The van der Waals surface area contributed by atoms with E-state index in [1.54, 1.807) is 36.4 Å². The van der Waals surface area contributed by atoms with Crippen LogP contribution in [0.3, 0.4) is 0 Å². The van der Waals surface area contributed by atoms with Crippen LogP contribution in [0, 0.1) is 10.1 Å². The summed E-state index contributed by atoms with van der Waals surface area (Å²) in [5.74, 6) is -1.26. The van der Waals surface area contributed by atoms with Crippen LogP contribution in [0.15, 0.2) is 59.5 Å². The molecule has 120 valence electrons. The van der Waals surface area contributed by atoms with Crippen molar-refractivity contribution in [3.8, 4) is 0 Å². The third-order valence-corrected chi connectivity index (χ3v) is 4.02. The van der Waals surface area contributed by atoms with Crippen molar-refractivity contribution in [3.05, 3.63) is 70.3 Å². The summed E-state index contributed by atoms with van der Waals surface area (Å²) in [5, 5.41) is 30.5. The van der Waals surface area contributed by atoms with E-state index in [0.29, 0.717) is 5.56 Å². The van der Waals surface area contributed by atoms with Gasteiger partial charge in [-0.2, -0.15) is 0 Å². The molecule has 0 radical (unpaired) electrons. The number of nitrogens with zero attached hydrogens (tertiary/aromatic N) is 1. The van der Waals surface area contributed by atoms with Crippen LogP contribution < -0.4 is 4.72 Å². The highest BCUT2D eigenvalue weighted by Crippen LogP contribution is 2.28. The van der Waals surface area contributed by atoms with Crippen LogP contribution in [0.4, 0.5) is 5.69 Å². The minimum atomic E-state index is -1.32. The number of aliphatic carboxylic acids is 1. The zero-order valence-electron chi connectivity index (χ0n) is 11.8. The molecule has 2 rings (SSSR count). The van der Waals surface area contributed by atoms with Gasteiger partial charge in [0, 0.05) is 6.07 Å². The molecule has 7 nitrogen and oxygen atoms in total. The first-order valence-corrected chi connectivity index (χ1v) is 7.44. The lowest BCUT2D eigenvalue weighted by Crippen LogP contribution is -2.38. The summed E-state index contributed by atoms with van der Waals surface area (Å²) in [6.07, 6.45) is -1.29. The molecular weight excluding hydrogens is 320 g/mol. The van der Waals surface area contributed by atoms with Gasteiger partial charge in [0.1, 0.15) is 17.0 Å². The molecule has 0 aliphatic heterocycles. The molecule has 0 aromatic heterocycles. The van der Waals surface area contributed by atoms with Crippen molar-refractivity contribution >= 4 is 23.6 Å². The Hall–Kier alpha value is -2.42. The minimum absolute atomic E-state index is 0.136. The zero-order chi connectivity index (χ0) is 16.8. The molecule has 0 saturated heterocycles. The van der Waals surface area contributed by atoms with Crippen LogP contribution in [-0.2, 0) is 4.79 Å².